The van der Waals surface area contributed by atoms with Crippen LogP contribution in [0, 0.1) is 0 Å². The van der Waals surface area contributed by atoms with Gasteiger partial charge in [0.15, 0.2) is 5.82 Å². The molecule has 2 N–H and O–H groups in total. The molecular weight excluding hydrogens is 210 g/mol. The van der Waals surface area contributed by atoms with E-state index in [2.05, 4.69) is 15.3 Å². The molecule has 0 amide bonds. The molecule has 0 aromatic carbocycles. The summed E-state index contributed by atoms with van der Waals surface area (Å²) in [6, 6.07) is 1.70. The van der Waals surface area contributed by atoms with Crippen molar-refractivity contribution in [3.05, 3.63) is 11.9 Å². The predicted molar refractivity (Wildman–Crippen MR) is 59.5 cm³/mol. The van der Waals surface area contributed by atoms with E-state index in [1.54, 1.807) is 20.2 Å². The van der Waals surface area contributed by atoms with E-state index in [4.69, 9.17) is 14.6 Å². The molecule has 1 aromatic rings. The largest absolute Gasteiger partial charge is 0.477 e. The van der Waals surface area contributed by atoms with Crippen LogP contribution in [-0.4, -0.2) is 42.4 Å². The Kier molecular flexibility index (Phi) is 5.52. The highest BCUT2D eigenvalue weighted by Gasteiger charge is 2.04. The van der Waals surface area contributed by atoms with Crippen molar-refractivity contribution in [2.75, 3.05) is 32.7 Å². The topological polar surface area (TPSA) is 76.5 Å². The van der Waals surface area contributed by atoms with Gasteiger partial charge in [-0.3, -0.25) is 0 Å². The van der Waals surface area contributed by atoms with E-state index in [0.717, 1.165) is 0 Å². The number of anilines is 1. The van der Waals surface area contributed by atoms with Crippen molar-refractivity contribution in [2.24, 2.45) is 0 Å². The number of ether oxygens (including phenoxy) is 2. The van der Waals surface area contributed by atoms with Gasteiger partial charge in [0.2, 0.25) is 5.88 Å². The predicted octanol–water partition coefficient (Wildman–Crippen LogP) is 0.426. The number of nitrogens with one attached hydrogen (secondary N) is 1. The summed E-state index contributed by atoms with van der Waals surface area (Å²) in [5.41, 5.74) is 0. The number of methoxy groups -OCH3 is 1. The van der Waals surface area contributed by atoms with Crippen molar-refractivity contribution >= 4 is 5.82 Å². The molecule has 0 spiro atoms. The molecule has 0 radical (unpaired) electrons. The Morgan fingerprint density at radius 3 is 2.88 bits per heavy atom. The van der Waals surface area contributed by atoms with E-state index < -0.39 is 0 Å². The first-order chi connectivity index (χ1) is 7.80. The van der Waals surface area contributed by atoms with E-state index in [0.29, 0.717) is 37.2 Å². The van der Waals surface area contributed by atoms with E-state index in [1.807, 2.05) is 0 Å². The van der Waals surface area contributed by atoms with Gasteiger partial charge in [-0.25, -0.2) is 4.98 Å². The molecule has 0 aliphatic heterocycles. The zero-order chi connectivity index (χ0) is 11.8. The Labute approximate surface area is 94.6 Å². The number of nitrogens with zero attached hydrogens (tertiary/aromatic N) is 2. The van der Waals surface area contributed by atoms with Crippen LogP contribution in [0.25, 0.3) is 0 Å². The first kappa shape index (κ1) is 12.7. The van der Waals surface area contributed by atoms with Gasteiger partial charge < -0.3 is 19.9 Å². The van der Waals surface area contributed by atoms with Crippen LogP contribution < -0.4 is 10.1 Å². The standard InChI is InChI=1S/C10H17N3O3/c1-11-8-6-10(16-5-3-4-14)13-9(12-8)7-15-2/h6,14H,3-5,7H2,1-2H3,(H,11,12,13). The average Bonchev–Trinajstić information content (AvgIpc) is 2.29. The Bertz CT molecular complexity index is 320. The molecule has 6 heteroatoms. The maximum absolute atomic E-state index is 8.64. The van der Waals surface area contributed by atoms with Crippen molar-refractivity contribution in [1.82, 2.24) is 9.97 Å². The zero-order valence-corrected chi connectivity index (χ0v) is 9.56. The summed E-state index contributed by atoms with van der Waals surface area (Å²) in [4.78, 5) is 8.36. The molecule has 0 unspecified atom stereocenters. The second-order valence-corrected chi connectivity index (χ2v) is 3.12. The number of aliphatic hydroxyl groups is 1. The molecule has 1 heterocycles. The summed E-state index contributed by atoms with van der Waals surface area (Å²) in [6.07, 6.45) is 0.582. The highest BCUT2D eigenvalue weighted by atomic mass is 16.5. The zero-order valence-electron chi connectivity index (χ0n) is 9.56. The van der Waals surface area contributed by atoms with E-state index >= 15 is 0 Å². The van der Waals surface area contributed by atoms with Gasteiger partial charge in [-0.05, 0) is 0 Å². The molecule has 0 fully saturated rings. The highest BCUT2D eigenvalue weighted by Crippen LogP contribution is 2.13. The van der Waals surface area contributed by atoms with Crippen LogP contribution in [0.5, 0.6) is 5.88 Å². The lowest BCUT2D eigenvalue weighted by atomic mass is 10.5. The molecule has 6 nitrogen and oxygen atoms in total. The Morgan fingerprint density at radius 1 is 1.44 bits per heavy atom. The third kappa shape index (κ3) is 4.00. The fraction of sp³-hybridized carbons (Fsp3) is 0.600. The maximum atomic E-state index is 8.64. The second kappa shape index (κ2) is 6.97. The monoisotopic (exact) mass is 227 g/mol. The van der Waals surface area contributed by atoms with Gasteiger partial charge in [0.05, 0.1) is 6.61 Å². The molecule has 0 aliphatic carbocycles. The second-order valence-electron chi connectivity index (χ2n) is 3.12. The SMILES string of the molecule is CNc1cc(OCCCO)nc(COC)n1. The lowest BCUT2D eigenvalue weighted by Gasteiger charge is -2.08. The molecule has 1 rings (SSSR count). The first-order valence-electron chi connectivity index (χ1n) is 5.08. The fourth-order valence-electron chi connectivity index (χ4n) is 1.11. The summed E-state index contributed by atoms with van der Waals surface area (Å²) < 4.78 is 10.3. The molecule has 1 aromatic heterocycles. The normalized spacial score (nSPS) is 10.2. The summed E-state index contributed by atoms with van der Waals surface area (Å²) >= 11 is 0. The highest BCUT2D eigenvalue weighted by molar-refractivity contribution is 5.37. The van der Waals surface area contributed by atoms with Gasteiger partial charge in [0.1, 0.15) is 12.4 Å². The van der Waals surface area contributed by atoms with Crippen LogP contribution in [0.4, 0.5) is 5.82 Å². The van der Waals surface area contributed by atoms with Crippen LogP contribution in [0.1, 0.15) is 12.2 Å². The van der Waals surface area contributed by atoms with E-state index in [-0.39, 0.29) is 6.61 Å². The number of hydrogen-bond donors (Lipinski definition) is 2. The average molecular weight is 227 g/mol. The molecular formula is C10H17N3O3. The summed E-state index contributed by atoms with van der Waals surface area (Å²) in [5.74, 6) is 1.73. The molecule has 90 valence electrons. The Hall–Kier alpha value is -1.40. The molecule has 0 atom stereocenters. The van der Waals surface area contributed by atoms with Crippen LogP contribution >= 0.6 is 0 Å². The molecule has 0 bridgehead atoms. The smallest absolute Gasteiger partial charge is 0.218 e. The van der Waals surface area contributed by atoms with Gasteiger partial charge in [-0.1, -0.05) is 0 Å². The number of aliphatic hydroxyl groups excluding tert-OH is 1. The van der Waals surface area contributed by atoms with Crippen molar-refractivity contribution in [2.45, 2.75) is 13.0 Å². The number of hydrogen-bond acceptors (Lipinski definition) is 6. The third-order valence-electron chi connectivity index (χ3n) is 1.83. The van der Waals surface area contributed by atoms with Gasteiger partial charge >= 0.3 is 0 Å². The van der Waals surface area contributed by atoms with Crippen LogP contribution in [0.2, 0.25) is 0 Å². The first-order valence-corrected chi connectivity index (χ1v) is 5.08. The quantitative estimate of drug-likeness (QED) is 0.658. The minimum atomic E-state index is 0.106. The van der Waals surface area contributed by atoms with Crippen LogP contribution in [0.3, 0.4) is 0 Å². The minimum absolute atomic E-state index is 0.106. The Balaban J connectivity index is 2.69. The summed E-state index contributed by atoms with van der Waals surface area (Å²) in [7, 11) is 3.36. The van der Waals surface area contributed by atoms with Crippen molar-refractivity contribution in [1.29, 1.82) is 0 Å². The maximum Gasteiger partial charge on any atom is 0.218 e. The number of rotatable bonds is 7. The van der Waals surface area contributed by atoms with Gasteiger partial charge in [-0.15, -0.1) is 0 Å². The Morgan fingerprint density at radius 2 is 2.25 bits per heavy atom. The summed E-state index contributed by atoms with van der Waals surface area (Å²) in [6.45, 7) is 0.879. The third-order valence-corrected chi connectivity index (χ3v) is 1.83. The van der Waals surface area contributed by atoms with Crippen molar-refractivity contribution in [3.8, 4) is 5.88 Å². The molecule has 0 saturated carbocycles. The van der Waals surface area contributed by atoms with Crippen molar-refractivity contribution in [3.63, 3.8) is 0 Å². The summed E-state index contributed by atoms with van der Waals surface area (Å²) in [5, 5.41) is 11.6. The van der Waals surface area contributed by atoms with Gasteiger partial charge in [-0.2, -0.15) is 4.98 Å². The fourth-order valence-corrected chi connectivity index (χ4v) is 1.11. The van der Waals surface area contributed by atoms with Crippen molar-refractivity contribution < 1.29 is 14.6 Å². The minimum Gasteiger partial charge on any atom is -0.477 e. The molecule has 16 heavy (non-hydrogen) atoms. The van der Waals surface area contributed by atoms with E-state index in [9.17, 15) is 0 Å². The van der Waals surface area contributed by atoms with Gasteiger partial charge in [0, 0.05) is 33.3 Å². The number of aromatic nitrogens is 2. The molecule has 0 saturated heterocycles. The lowest BCUT2D eigenvalue weighted by molar-refractivity contribution is 0.175. The lowest BCUT2D eigenvalue weighted by Crippen LogP contribution is -2.06. The van der Waals surface area contributed by atoms with Crippen LogP contribution in [0.15, 0.2) is 6.07 Å². The van der Waals surface area contributed by atoms with E-state index in [1.165, 1.54) is 0 Å². The van der Waals surface area contributed by atoms with Gasteiger partial charge in [0.25, 0.3) is 0 Å². The molecule has 0 aliphatic rings. The van der Waals surface area contributed by atoms with Crippen LogP contribution in [-0.2, 0) is 11.3 Å².